The highest BCUT2D eigenvalue weighted by molar-refractivity contribution is 5.75. The maximum Gasteiger partial charge on any atom is 0.136 e. The molecule has 0 fully saturated rings. The Kier molecular flexibility index (Phi) is 1.85. The maximum atomic E-state index is 9.15. The normalized spacial score (nSPS) is 10.5. The van der Waals surface area contributed by atoms with Crippen molar-refractivity contribution >= 4 is 11.0 Å². The molecule has 0 aliphatic rings. The molecular weight excluding hydrogens is 164 g/mol. The molecule has 0 saturated carbocycles. The molecule has 13 heavy (non-hydrogen) atoms. The number of aromatic nitrogens is 2. The SMILES string of the molecule is CCc1cnc2cc(O)cnc2c1. The average molecular weight is 174 g/mol. The van der Waals surface area contributed by atoms with Gasteiger partial charge in [-0.1, -0.05) is 6.92 Å². The Morgan fingerprint density at radius 3 is 2.62 bits per heavy atom. The summed E-state index contributed by atoms with van der Waals surface area (Å²) in [6.45, 7) is 2.07. The van der Waals surface area contributed by atoms with Gasteiger partial charge in [0.25, 0.3) is 0 Å². The fraction of sp³-hybridized carbons (Fsp3) is 0.200. The Labute approximate surface area is 76.1 Å². The lowest BCUT2D eigenvalue weighted by atomic mass is 10.2. The van der Waals surface area contributed by atoms with Gasteiger partial charge in [0.05, 0.1) is 17.2 Å². The number of rotatable bonds is 1. The van der Waals surface area contributed by atoms with E-state index in [0.29, 0.717) is 0 Å². The van der Waals surface area contributed by atoms with Crippen LogP contribution in [-0.4, -0.2) is 15.1 Å². The number of fused-ring (bicyclic) bond motifs is 1. The van der Waals surface area contributed by atoms with Gasteiger partial charge in [-0.15, -0.1) is 0 Å². The monoisotopic (exact) mass is 174 g/mol. The van der Waals surface area contributed by atoms with Gasteiger partial charge in [0.1, 0.15) is 5.75 Å². The van der Waals surface area contributed by atoms with E-state index < -0.39 is 0 Å². The van der Waals surface area contributed by atoms with Gasteiger partial charge in [0.15, 0.2) is 0 Å². The van der Waals surface area contributed by atoms with Crippen LogP contribution in [0.15, 0.2) is 24.5 Å². The van der Waals surface area contributed by atoms with Crippen molar-refractivity contribution < 1.29 is 5.11 Å². The molecule has 1 N–H and O–H groups in total. The number of pyridine rings is 2. The zero-order valence-corrected chi connectivity index (χ0v) is 7.36. The van der Waals surface area contributed by atoms with Crippen molar-refractivity contribution in [3.05, 3.63) is 30.1 Å². The standard InChI is InChI=1S/C10H10N2O/c1-2-7-3-9-10(11-5-7)4-8(13)6-12-9/h3-6,13H,2H2,1H3. The van der Waals surface area contributed by atoms with E-state index in [2.05, 4.69) is 16.9 Å². The summed E-state index contributed by atoms with van der Waals surface area (Å²) in [6, 6.07) is 3.60. The van der Waals surface area contributed by atoms with Gasteiger partial charge >= 0.3 is 0 Å². The predicted molar refractivity (Wildman–Crippen MR) is 50.6 cm³/mol. The first-order valence-electron chi connectivity index (χ1n) is 4.23. The van der Waals surface area contributed by atoms with Crippen molar-refractivity contribution in [2.24, 2.45) is 0 Å². The molecule has 2 heterocycles. The van der Waals surface area contributed by atoms with Gasteiger partial charge in [-0.05, 0) is 18.1 Å². The van der Waals surface area contributed by atoms with Crippen LogP contribution in [-0.2, 0) is 6.42 Å². The third-order valence-corrected chi connectivity index (χ3v) is 1.98. The van der Waals surface area contributed by atoms with Crippen LogP contribution in [0, 0.1) is 0 Å². The van der Waals surface area contributed by atoms with Crippen molar-refractivity contribution in [1.82, 2.24) is 9.97 Å². The minimum absolute atomic E-state index is 0.157. The molecule has 0 saturated heterocycles. The maximum absolute atomic E-state index is 9.15. The molecule has 0 radical (unpaired) electrons. The first-order valence-corrected chi connectivity index (χ1v) is 4.23. The quantitative estimate of drug-likeness (QED) is 0.718. The van der Waals surface area contributed by atoms with Crippen LogP contribution in [0.2, 0.25) is 0 Å². The van der Waals surface area contributed by atoms with Crippen molar-refractivity contribution in [1.29, 1.82) is 0 Å². The molecule has 0 unspecified atom stereocenters. The number of hydrogen-bond donors (Lipinski definition) is 1. The number of nitrogens with zero attached hydrogens (tertiary/aromatic N) is 2. The number of hydrogen-bond acceptors (Lipinski definition) is 3. The molecule has 0 spiro atoms. The number of aromatic hydroxyl groups is 1. The lowest BCUT2D eigenvalue weighted by molar-refractivity contribution is 0.473. The van der Waals surface area contributed by atoms with Crippen molar-refractivity contribution in [3.63, 3.8) is 0 Å². The van der Waals surface area contributed by atoms with E-state index in [1.807, 2.05) is 12.3 Å². The van der Waals surface area contributed by atoms with E-state index in [9.17, 15) is 0 Å². The van der Waals surface area contributed by atoms with Crippen LogP contribution in [0.5, 0.6) is 5.75 Å². The first-order chi connectivity index (χ1) is 6.29. The molecule has 2 aromatic heterocycles. The lowest BCUT2D eigenvalue weighted by Gasteiger charge is -1.99. The van der Waals surface area contributed by atoms with Crippen LogP contribution in [0.25, 0.3) is 11.0 Å². The molecule has 0 amide bonds. The van der Waals surface area contributed by atoms with Crippen LogP contribution in [0.1, 0.15) is 12.5 Å². The minimum Gasteiger partial charge on any atom is -0.506 e. The third-order valence-electron chi connectivity index (χ3n) is 1.98. The summed E-state index contributed by atoms with van der Waals surface area (Å²) in [5.74, 6) is 0.157. The number of aryl methyl sites for hydroxylation is 1. The highest BCUT2D eigenvalue weighted by Crippen LogP contribution is 2.15. The molecule has 0 bridgehead atoms. The lowest BCUT2D eigenvalue weighted by Crippen LogP contribution is -1.86. The summed E-state index contributed by atoms with van der Waals surface area (Å²) in [7, 11) is 0. The highest BCUT2D eigenvalue weighted by atomic mass is 16.3. The van der Waals surface area contributed by atoms with Gasteiger partial charge in [-0.2, -0.15) is 0 Å². The molecule has 66 valence electrons. The molecular formula is C10H10N2O. The van der Waals surface area contributed by atoms with E-state index in [1.165, 1.54) is 6.20 Å². The highest BCUT2D eigenvalue weighted by Gasteiger charge is 1.98. The first kappa shape index (κ1) is 7.98. The van der Waals surface area contributed by atoms with Crippen molar-refractivity contribution in [3.8, 4) is 5.75 Å². The fourth-order valence-electron chi connectivity index (χ4n) is 1.23. The third kappa shape index (κ3) is 1.45. The summed E-state index contributed by atoms with van der Waals surface area (Å²) in [5.41, 5.74) is 2.72. The van der Waals surface area contributed by atoms with Crippen LogP contribution in [0.3, 0.4) is 0 Å². The average Bonchev–Trinajstić information content (AvgIpc) is 2.17. The van der Waals surface area contributed by atoms with Crippen molar-refractivity contribution in [2.45, 2.75) is 13.3 Å². The summed E-state index contributed by atoms with van der Waals surface area (Å²) >= 11 is 0. The molecule has 0 aliphatic heterocycles. The second kappa shape index (κ2) is 3.01. The van der Waals surface area contributed by atoms with Crippen LogP contribution in [0.4, 0.5) is 0 Å². The molecule has 3 nitrogen and oxygen atoms in total. The van der Waals surface area contributed by atoms with Crippen molar-refractivity contribution in [2.75, 3.05) is 0 Å². The van der Waals surface area contributed by atoms with E-state index in [-0.39, 0.29) is 5.75 Å². The Bertz CT molecular complexity index is 440. The minimum atomic E-state index is 0.157. The summed E-state index contributed by atoms with van der Waals surface area (Å²) in [5, 5.41) is 9.15. The largest absolute Gasteiger partial charge is 0.506 e. The Morgan fingerprint density at radius 1 is 1.15 bits per heavy atom. The Morgan fingerprint density at radius 2 is 1.85 bits per heavy atom. The zero-order valence-electron chi connectivity index (χ0n) is 7.36. The van der Waals surface area contributed by atoms with Gasteiger partial charge in [0, 0.05) is 12.3 Å². The molecule has 2 aromatic rings. The summed E-state index contributed by atoms with van der Waals surface area (Å²) < 4.78 is 0. The molecule has 2 rings (SSSR count). The molecule has 0 atom stereocenters. The van der Waals surface area contributed by atoms with E-state index >= 15 is 0 Å². The topological polar surface area (TPSA) is 46.0 Å². The van der Waals surface area contributed by atoms with E-state index in [1.54, 1.807) is 6.07 Å². The summed E-state index contributed by atoms with van der Waals surface area (Å²) in [6.07, 6.45) is 4.19. The Balaban J connectivity index is 2.66. The second-order valence-corrected chi connectivity index (χ2v) is 2.93. The zero-order chi connectivity index (χ0) is 9.26. The van der Waals surface area contributed by atoms with Gasteiger partial charge < -0.3 is 5.11 Å². The van der Waals surface area contributed by atoms with Crippen LogP contribution >= 0.6 is 0 Å². The molecule has 0 aliphatic carbocycles. The molecule has 3 heteroatoms. The van der Waals surface area contributed by atoms with E-state index in [4.69, 9.17) is 5.11 Å². The van der Waals surface area contributed by atoms with Gasteiger partial charge in [-0.25, -0.2) is 0 Å². The van der Waals surface area contributed by atoms with Crippen LogP contribution < -0.4 is 0 Å². The van der Waals surface area contributed by atoms with Gasteiger partial charge in [0.2, 0.25) is 0 Å². The summed E-state index contributed by atoms with van der Waals surface area (Å²) in [4.78, 5) is 8.27. The fourth-order valence-corrected chi connectivity index (χ4v) is 1.23. The smallest absolute Gasteiger partial charge is 0.136 e. The van der Waals surface area contributed by atoms with Gasteiger partial charge in [-0.3, -0.25) is 9.97 Å². The van der Waals surface area contributed by atoms with E-state index in [0.717, 1.165) is 23.0 Å². The Hall–Kier alpha value is -1.64. The predicted octanol–water partition coefficient (Wildman–Crippen LogP) is 1.90. The molecule has 0 aromatic carbocycles. The second-order valence-electron chi connectivity index (χ2n) is 2.93.